The van der Waals surface area contributed by atoms with E-state index in [9.17, 15) is 9.18 Å². The molecule has 110 valence electrons. The topological polar surface area (TPSA) is 55.6 Å². The van der Waals surface area contributed by atoms with Gasteiger partial charge in [0.15, 0.2) is 0 Å². The maximum absolute atomic E-state index is 12.8. The van der Waals surface area contributed by atoms with Crippen LogP contribution < -0.4 is 10.5 Å². The lowest BCUT2D eigenvalue weighted by Gasteiger charge is -2.33. The highest BCUT2D eigenvalue weighted by Crippen LogP contribution is 2.19. The van der Waals surface area contributed by atoms with E-state index in [0.29, 0.717) is 25.3 Å². The van der Waals surface area contributed by atoms with Crippen LogP contribution in [0, 0.1) is 5.82 Å². The number of rotatable bonds is 4. The minimum Gasteiger partial charge on any atom is -0.490 e. The molecule has 1 heterocycles. The summed E-state index contributed by atoms with van der Waals surface area (Å²) in [7, 11) is 0. The number of hydrogen-bond acceptors (Lipinski definition) is 3. The maximum Gasteiger partial charge on any atom is 0.239 e. The Morgan fingerprint density at radius 1 is 1.40 bits per heavy atom. The second kappa shape index (κ2) is 6.70. The molecule has 0 unspecified atom stereocenters. The maximum atomic E-state index is 12.8. The van der Waals surface area contributed by atoms with E-state index in [1.807, 2.05) is 6.92 Å². The van der Waals surface area contributed by atoms with Crippen molar-refractivity contribution in [1.29, 1.82) is 0 Å². The summed E-state index contributed by atoms with van der Waals surface area (Å²) >= 11 is 0. The Balaban J connectivity index is 1.82. The zero-order valence-electron chi connectivity index (χ0n) is 11.7. The van der Waals surface area contributed by atoms with Gasteiger partial charge in [0, 0.05) is 25.9 Å². The summed E-state index contributed by atoms with van der Waals surface area (Å²) < 4.78 is 18.6. The fourth-order valence-corrected chi connectivity index (χ4v) is 2.31. The van der Waals surface area contributed by atoms with Gasteiger partial charge in [-0.05, 0) is 30.7 Å². The molecule has 0 bridgehead atoms. The fraction of sp³-hybridized carbons (Fsp3) is 0.533. The number of hydrogen-bond donors (Lipinski definition) is 1. The van der Waals surface area contributed by atoms with Crippen LogP contribution in [-0.4, -0.2) is 36.0 Å². The molecule has 1 aliphatic heterocycles. The minimum atomic E-state index is -0.399. The van der Waals surface area contributed by atoms with E-state index >= 15 is 0 Å². The molecule has 1 aromatic rings. The molecule has 0 radical (unpaired) electrons. The van der Waals surface area contributed by atoms with Crippen LogP contribution in [0.1, 0.15) is 26.2 Å². The van der Waals surface area contributed by atoms with E-state index in [1.165, 1.54) is 12.1 Å². The number of piperidine rings is 1. The molecule has 2 N–H and O–H groups in total. The summed E-state index contributed by atoms with van der Waals surface area (Å²) in [6, 6.07) is 5.62. The Hall–Kier alpha value is -1.62. The minimum absolute atomic E-state index is 0.0210. The average Bonchev–Trinajstić information content (AvgIpc) is 2.49. The van der Waals surface area contributed by atoms with E-state index in [1.54, 1.807) is 17.0 Å². The van der Waals surface area contributed by atoms with Gasteiger partial charge in [0.25, 0.3) is 0 Å². The number of ether oxygens (including phenoxy) is 1. The van der Waals surface area contributed by atoms with Gasteiger partial charge in [0.1, 0.15) is 17.7 Å². The Morgan fingerprint density at radius 3 is 2.55 bits per heavy atom. The van der Waals surface area contributed by atoms with Gasteiger partial charge < -0.3 is 15.4 Å². The van der Waals surface area contributed by atoms with Crippen molar-refractivity contribution < 1.29 is 13.9 Å². The molecule has 0 aliphatic carbocycles. The predicted molar refractivity (Wildman–Crippen MR) is 74.9 cm³/mol. The van der Waals surface area contributed by atoms with E-state index < -0.39 is 6.04 Å². The lowest BCUT2D eigenvalue weighted by Crippen LogP contribution is -2.48. The Labute approximate surface area is 118 Å². The Kier molecular flexibility index (Phi) is 4.95. The quantitative estimate of drug-likeness (QED) is 0.917. The first-order chi connectivity index (χ1) is 9.60. The van der Waals surface area contributed by atoms with Crippen LogP contribution in [0.4, 0.5) is 4.39 Å². The second-order valence-corrected chi connectivity index (χ2v) is 5.11. The van der Waals surface area contributed by atoms with Crippen molar-refractivity contribution in [1.82, 2.24) is 4.90 Å². The number of nitrogens with zero attached hydrogens (tertiary/aromatic N) is 1. The van der Waals surface area contributed by atoms with Crippen LogP contribution in [0.3, 0.4) is 0 Å². The highest BCUT2D eigenvalue weighted by molar-refractivity contribution is 5.81. The van der Waals surface area contributed by atoms with Crippen molar-refractivity contribution in [3.8, 4) is 5.75 Å². The van der Waals surface area contributed by atoms with Crippen LogP contribution in [0.5, 0.6) is 5.75 Å². The lowest BCUT2D eigenvalue weighted by atomic mass is 10.1. The van der Waals surface area contributed by atoms with Crippen LogP contribution in [-0.2, 0) is 4.79 Å². The number of carbonyl (C=O) groups is 1. The molecule has 1 saturated heterocycles. The van der Waals surface area contributed by atoms with E-state index in [0.717, 1.165) is 12.8 Å². The van der Waals surface area contributed by atoms with Gasteiger partial charge >= 0.3 is 0 Å². The third kappa shape index (κ3) is 3.70. The average molecular weight is 280 g/mol. The number of benzene rings is 1. The SMILES string of the molecule is CC[C@H](N)C(=O)N1CCC(Oc2ccc(F)cc2)CC1. The van der Waals surface area contributed by atoms with E-state index in [-0.39, 0.29) is 17.8 Å². The van der Waals surface area contributed by atoms with E-state index in [4.69, 9.17) is 10.5 Å². The fourth-order valence-electron chi connectivity index (χ4n) is 2.31. The number of nitrogens with two attached hydrogens (primary N) is 1. The zero-order valence-corrected chi connectivity index (χ0v) is 11.7. The Morgan fingerprint density at radius 2 is 2.00 bits per heavy atom. The molecule has 0 spiro atoms. The molecule has 0 aromatic heterocycles. The highest BCUT2D eigenvalue weighted by atomic mass is 19.1. The first kappa shape index (κ1) is 14.8. The molecule has 20 heavy (non-hydrogen) atoms. The third-order valence-electron chi connectivity index (χ3n) is 3.63. The summed E-state index contributed by atoms with van der Waals surface area (Å²) in [6.45, 7) is 3.24. The first-order valence-corrected chi connectivity index (χ1v) is 7.06. The second-order valence-electron chi connectivity index (χ2n) is 5.11. The number of likely N-dealkylation sites (tertiary alicyclic amines) is 1. The lowest BCUT2D eigenvalue weighted by molar-refractivity contribution is -0.134. The number of carbonyl (C=O) groups excluding carboxylic acids is 1. The molecule has 1 amide bonds. The van der Waals surface area contributed by atoms with Crippen LogP contribution >= 0.6 is 0 Å². The standard InChI is InChI=1S/C15H21FN2O2/c1-2-14(17)15(19)18-9-7-13(8-10-18)20-12-5-3-11(16)4-6-12/h3-6,13-14H,2,7-10,17H2,1H3/t14-/m0/s1. The largest absolute Gasteiger partial charge is 0.490 e. The van der Waals surface area contributed by atoms with Crippen molar-refractivity contribution in [2.75, 3.05) is 13.1 Å². The molecule has 1 aliphatic rings. The molecule has 1 fully saturated rings. The smallest absolute Gasteiger partial charge is 0.239 e. The van der Waals surface area contributed by atoms with Gasteiger partial charge in [0.2, 0.25) is 5.91 Å². The van der Waals surface area contributed by atoms with Crippen LogP contribution in [0.15, 0.2) is 24.3 Å². The molecule has 0 saturated carbocycles. The third-order valence-corrected chi connectivity index (χ3v) is 3.63. The predicted octanol–water partition coefficient (Wildman–Crippen LogP) is 1.93. The number of halogens is 1. The summed E-state index contributed by atoms with van der Waals surface area (Å²) in [5, 5.41) is 0. The molecule has 5 heteroatoms. The molecule has 2 rings (SSSR count). The molecule has 4 nitrogen and oxygen atoms in total. The summed E-state index contributed by atoms with van der Waals surface area (Å²) in [6.07, 6.45) is 2.28. The summed E-state index contributed by atoms with van der Waals surface area (Å²) in [5.41, 5.74) is 5.76. The molecule has 1 atom stereocenters. The monoisotopic (exact) mass is 280 g/mol. The van der Waals surface area contributed by atoms with E-state index in [2.05, 4.69) is 0 Å². The van der Waals surface area contributed by atoms with Gasteiger partial charge in [-0.3, -0.25) is 4.79 Å². The van der Waals surface area contributed by atoms with Gasteiger partial charge in [0.05, 0.1) is 6.04 Å². The normalized spacial score (nSPS) is 17.9. The summed E-state index contributed by atoms with van der Waals surface area (Å²) in [5.74, 6) is 0.417. The number of amides is 1. The van der Waals surface area contributed by atoms with Gasteiger partial charge in [-0.25, -0.2) is 4.39 Å². The first-order valence-electron chi connectivity index (χ1n) is 7.06. The van der Waals surface area contributed by atoms with Crippen molar-refractivity contribution >= 4 is 5.91 Å². The Bertz CT molecular complexity index is 442. The van der Waals surface area contributed by atoms with Crippen molar-refractivity contribution in [2.45, 2.75) is 38.3 Å². The zero-order chi connectivity index (χ0) is 14.5. The van der Waals surface area contributed by atoms with Gasteiger partial charge in [-0.15, -0.1) is 0 Å². The van der Waals surface area contributed by atoms with Crippen molar-refractivity contribution in [2.24, 2.45) is 5.73 Å². The molecular formula is C15H21FN2O2. The highest BCUT2D eigenvalue weighted by Gasteiger charge is 2.26. The van der Waals surface area contributed by atoms with Crippen LogP contribution in [0.2, 0.25) is 0 Å². The molecule has 1 aromatic carbocycles. The summed E-state index contributed by atoms with van der Waals surface area (Å²) in [4.78, 5) is 13.8. The molecular weight excluding hydrogens is 259 g/mol. The van der Waals surface area contributed by atoms with Crippen molar-refractivity contribution in [3.63, 3.8) is 0 Å². The van der Waals surface area contributed by atoms with Gasteiger partial charge in [-0.2, -0.15) is 0 Å². The van der Waals surface area contributed by atoms with Crippen molar-refractivity contribution in [3.05, 3.63) is 30.1 Å². The van der Waals surface area contributed by atoms with Crippen LogP contribution in [0.25, 0.3) is 0 Å². The van der Waals surface area contributed by atoms with Gasteiger partial charge in [-0.1, -0.05) is 6.92 Å².